The summed E-state index contributed by atoms with van der Waals surface area (Å²) in [7, 11) is 0. The van der Waals surface area contributed by atoms with Crippen LogP contribution < -0.4 is 5.73 Å². The Bertz CT molecular complexity index is 307. The van der Waals surface area contributed by atoms with E-state index in [4.69, 9.17) is 5.73 Å². The monoisotopic (exact) mass is 193 g/mol. The average molecular weight is 193 g/mol. The number of rotatable bonds is 3. The molecule has 2 rings (SSSR count). The molecule has 1 aromatic carbocycles. The van der Waals surface area contributed by atoms with E-state index in [1.807, 2.05) is 12.1 Å². The van der Waals surface area contributed by atoms with Gasteiger partial charge in [-0.15, -0.1) is 0 Å². The van der Waals surface area contributed by atoms with Crippen molar-refractivity contribution in [2.75, 3.05) is 6.54 Å². The fourth-order valence-electron chi connectivity index (χ4n) is 2.17. The second kappa shape index (κ2) is 3.70. The SMILES string of the molecule is CC(c1ccc(F)cc1)[C@@H]1C[C@H]1CN. The smallest absolute Gasteiger partial charge is 0.123 e. The Morgan fingerprint density at radius 2 is 2.07 bits per heavy atom. The predicted molar refractivity (Wildman–Crippen MR) is 55.5 cm³/mol. The van der Waals surface area contributed by atoms with Gasteiger partial charge in [-0.25, -0.2) is 4.39 Å². The van der Waals surface area contributed by atoms with E-state index in [0.29, 0.717) is 17.8 Å². The van der Waals surface area contributed by atoms with Crippen LogP contribution >= 0.6 is 0 Å². The van der Waals surface area contributed by atoms with Gasteiger partial charge in [-0.2, -0.15) is 0 Å². The highest BCUT2D eigenvalue weighted by Gasteiger charge is 2.40. The summed E-state index contributed by atoms with van der Waals surface area (Å²) in [5, 5.41) is 0. The summed E-state index contributed by atoms with van der Waals surface area (Å²) in [6.07, 6.45) is 1.23. The van der Waals surface area contributed by atoms with Crippen molar-refractivity contribution in [2.45, 2.75) is 19.3 Å². The summed E-state index contributed by atoms with van der Waals surface area (Å²) in [5.41, 5.74) is 6.83. The maximum atomic E-state index is 12.7. The Hall–Kier alpha value is -0.890. The normalized spacial score (nSPS) is 27.4. The molecule has 2 heteroatoms. The predicted octanol–water partition coefficient (Wildman–Crippen LogP) is 2.52. The van der Waals surface area contributed by atoms with Crippen LogP contribution in [-0.4, -0.2) is 6.54 Å². The zero-order valence-corrected chi connectivity index (χ0v) is 8.41. The number of hydrogen-bond donors (Lipinski definition) is 1. The van der Waals surface area contributed by atoms with Crippen LogP contribution in [0.5, 0.6) is 0 Å². The third-order valence-electron chi connectivity index (χ3n) is 3.32. The molecule has 14 heavy (non-hydrogen) atoms. The number of nitrogens with two attached hydrogens (primary N) is 1. The Morgan fingerprint density at radius 1 is 1.43 bits per heavy atom. The molecule has 1 saturated carbocycles. The lowest BCUT2D eigenvalue weighted by Gasteiger charge is -2.10. The van der Waals surface area contributed by atoms with E-state index >= 15 is 0 Å². The van der Waals surface area contributed by atoms with Gasteiger partial charge >= 0.3 is 0 Å². The Kier molecular flexibility index (Phi) is 2.55. The van der Waals surface area contributed by atoms with Crippen molar-refractivity contribution in [1.29, 1.82) is 0 Å². The summed E-state index contributed by atoms with van der Waals surface area (Å²) in [6.45, 7) is 2.99. The molecule has 1 aromatic rings. The van der Waals surface area contributed by atoms with Gasteiger partial charge in [0.1, 0.15) is 5.82 Å². The molecule has 3 atom stereocenters. The standard InChI is InChI=1S/C12H16FN/c1-8(12-6-10(12)7-14)9-2-4-11(13)5-3-9/h2-5,8,10,12H,6-7,14H2,1H3/t8?,10-,12-/m0/s1. The van der Waals surface area contributed by atoms with Crippen LogP contribution in [0.25, 0.3) is 0 Å². The molecule has 0 radical (unpaired) electrons. The van der Waals surface area contributed by atoms with Crippen molar-refractivity contribution >= 4 is 0 Å². The minimum atomic E-state index is -0.160. The molecule has 0 heterocycles. The van der Waals surface area contributed by atoms with Gasteiger partial charge in [0.25, 0.3) is 0 Å². The van der Waals surface area contributed by atoms with Gasteiger partial charge in [-0.1, -0.05) is 19.1 Å². The fourth-order valence-corrected chi connectivity index (χ4v) is 2.17. The van der Waals surface area contributed by atoms with Crippen LogP contribution in [0, 0.1) is 17.7 Å². The summed E-state index contributed by atoms with van der Waals surface area (Å²) < 4.78 is 12.7. The fraction of sp³-hybridized carbons (Fsp3) is 0.500. The Balaban J connectivity index is 2.05. The van der Waals surface area contributed by atoms with Crippen molar-refractivity contribution in [1.82, 2.24) is 0 Å². The van der Waals surface area contributed by atoms with E-state index in [-0.39, 0.29) is 5.82 Å². The van der Waals surface area contributed by atoms with Crippen molar-refractivity contribution < 1.29 is 4.39 Å². The van der Waals surface area contributed by atoms with Gasteiger partial charge in [0.2, 0.25) is 0 Å². The first-order valence-corrected chi connectivity index (χ1v) is 5.18. The van der Waals surface area contributed by atoms with Crippen LogP contribution in [0.15, 0.2) is 24.3 Å². The summed E-state index contributed by atoms with van der Waals surface area (Å²) in [4.78, 5) is 0. The van der Waals surface area contributed by atoms with Crippen LogP contribution in [0.2, 0.25) is 0 Å². The van der Waals surface area contributed by atoms with Crippen LogP contribution in [-0.2, 0) is 0 Å². The zero-order chi connectivity index (χ0) is 10.1. The minimum Gasteiger partial charge on any atom is -0.330 e. The largest absolute Gasteiger partial charge is 0.330 e. The van der Waals surface area contributed by atoms with Gasteiger partial charge in [0, 0.05) is 0 Å². The van der Waals surface area contributed by atoms with Crippen molar-refractivity contribution in [3.8, 4) is 0 Å². The molecule has 1 nitrogen and oxygen atoms in total. The molecule has 0 aliphatic heterocycles. The average Bonchev–Trinajstić information content (AvgIpc) is 2.97. The third-order valence-corrected chi connectivity index (χ3v) is 3.32. The van der Waals surface area contributed by atoms with Crippen molar-refractivity contribution in [3.05, 3.63) is 35.6 Å². The number of hydrogen-bond acceptors (Lipinski definition) is 1. The Morgan fingerprint density at radius 3 is 2.57 bits per heavy atom. The molecule has 0 spiro atoms. The quantitative estimate of drug-likeness (QED) is 0.784. The molecule has 1 aliphatic carbocycles. The molecule has 0 aromatic heterocycles. The first-order valence-electron chi connectivity index (χ1n) is 5.18. The number of benzene rings is 1. The van der Waals surface area contributed by atoms with E-state index in [2.05, 4.69) is 6.92 Å². The van der Waals surface area contributed by atoms with Crippen LogP contribution in [0.3, 0.4) is 0 Å². The summed E-state index contributed by atoms with van der Waals surface area (Å²) >= 11 is 0. The molecule has 1 aliphatic rings. The van der Waals surface area contributed by atoms with Gasteiger partial charge in [0.15, 0.2) is 0 Å². The first-order chi connectivity index (χ1) is 6.72. The molecule has 2 N–H and O–H groups in total. The second-order valence-electron chi connectivity index (χ2n) is 4.24. The van der Waals surface area contributed by atoms with E-state index in [0.717, 1.165) is 6.54 Å². The van der Waals surface area contributed by atoms with Crippen molar-refractivity contribution in [2.24, 2.45) is 17.6 Å². The van der Waals surface area contributed by atoms with Crippen molar-refractivity contribution in [3.63, 3.8) is 0 Å². The van der Waals surface area contributed by atoms with E-state index in [1.54, 1.807) is 0 Å². The Labute approximate surface area is 84.1 Å². The molecule has 0 bridgehead atoms. The molecular formula is C12H16FN. The minimum absolute atomic E-state index is 0.160. The van der Waals surface area contributed by atoms with E-state index in [9.17, 15) is 4.39 Å². The van der Waals surface area contributed by atoms with Crippen LogP contribution in [0.1, 0.15) is 24.8 Å². The highest BCUT2D eigenvalue weighted by atomic mass is 19.1. The highest BCUT2D eigenvalue weighted by molar-refractivity contribution is 5.22. The van der Waals surface area contributed by atoms with E-state index < -0.39 is 0 Å². The molecular weight excluding hydrogens is 177 g/mol. The highest BCUT2D eigenvalue weighted by Crippen LogP contribution is 2.47. The van der Waals surface area contributed by atoms with Gasteiger partial charge in [-0.3, -0.25) is 0 Å². The third kappa shape index (κ3) is 1.80. The zero-order valence-electron chi connectivity index (χ0n) is 8.41. The maximum absolute atomic E-state index is 12.7. The lowest BCUT2D eigenvalue weighted by molar-refractivity contribution is 0.595. The van der Waals surface area contributed by atoms with E-state index in [1.165, 1.54) is 24.1 Å². The molecule has 76 valence electrons. The second-order valence-corrected chi connectivity index (χ2v) is 4.24. The summed E-state index contributed by atoms with van der Waals surface area (Å²) in [6, 6.07) is 6.83. The first kappa shape index (κ1) is 9.66. The maximum Gasteiger partial charge on any atom is 0.123 e. The lowest BCUT2D eigenvalue weighted by Crippen LogP contribution is -2.06. The topological polar surface area (TPSA) is 26.0 Å². The van der Waals surface area contributed by atoms with Gasteiger partial charge in [0.05, 0.1) is 0 Å². The molecule has 1 unspecified atom stereocenters. The van der Waals surface area contributed by atoms with Crippen LogP contribution in [0.4, 0.5) is 4.39 Å². The lowest BCUT2D eigenvalue weighted by atomic mass is 9.95. The van der Waals surface area contributed by atoms with Gasteiger partial charge < -0.3 is 5.73 Å². The van der Waals surface area contributed by atoms with Gasteiger partial charge in [-0.05, 0) is 48.4 Å². The molecule has 0 amide bonds. The molecule has 0 saturated heterocycles. The molecule has 1 fully saturated rings. The number of halogens is 1. The summed E-state index contributed by atoms with van der Waals surface area (Å²) in [5.74, 6) is 1.76.